The minimum Gasteiger partial charge on any atom is -0.392 e. The number of aliphatic hydroxyl groups is 1. The molecule has 12 heavy (non-hydrogen) atoms. The van der Waals surface area contributed by atoms with Crippen LogP contribution in [0.25, 0.3) is 0 Å². The van der Waals surface area contributed by atoms with Crippen molar-refractivity contribution in [3.05, 3.63) is 0 Å². The topological polar surface area (TPSA) is 23.5 Å². The van der Waals surface area contributed by atoms with E-state index in [1.165, 1.54) is 19.4 Å². The molecular formula is C10H19NO. The summed E-state index contributed by atoms with van der Waals surface area (Å²) >= 11 is 0. The molecule has 70 valence electrons. The van der Waals surface area contributed by atoms with Gasteiger partial charge in [-0.15, -0.1) is 0 Å². The maximum absolute atomic E-state index is 9.61. The molecule has 0 aromatic rings. The molecule has 2 aliphatic heterocycles. The molecule has 0 unspecified atom stereocenters. The van der Waals surface area contributed by atoms with Gasteiger partial charge in [0.15, 0.2) is 0 Å². The van der Waals surface area contributed by atoms with Crippen molar-refractivity contribution < 1.29 is 5.11 Å². The number of hydrogen-bond donors (Lipinski definition) is 1. The molecule has 0 radical (unpaired) electrons. The van der Waals surface area contributed by atoms with Gasteiger partial charge in [0, 0.05) is 12.1 Å². The van der Waals surface area contributed by atoms with Gasteiger partial charge in [0.2, 0.25) is 0 Å². The minimum atomic E-state index is -0.0623. The SMILES string of the molecule is CC(C)[C@@]12CCCN1C[C@H](O)C2. The summed E-state index contributed by atoms with van der Waals surface area (Å²) in [5.74, 6) is 0.692. The van der Waals surface area contributed by atoms with Crippen molar-refractivity contribution in [1.82, 2.24) is 4.90 Å². The van der Waals surface area contributed by atoms with E-state index in [0.717, 1.165) is 13.0 Å². The van der Waals surface area contributed by atoms with E-state index in [9.17, 15) is 5.11 Å². The summed E-state index contributed by atoms with van der Waals surface area (Å²) in [6.45, 7) is 6.69. The van der Waals surface area contributed by atoms with E-state index in [2.05, 4.69) is 18.7 Å². The molecule has 0 aliphatic carbocycles. The highest BCUT2D eigenvalue weighted by molar-refractivity contribution is 5.04. The number of hydrogen-bond acceptors (Lipinski definition) is 2. The van der Waals surface area contributed by atoms with Crippen LogP contribution in [-0.2, 0) is 0 Å². The zero-order chi connectivity index (χ0) is 8.77. The van der Waals surface area contributed by atoms with Crippen molar-refractivity contribution in [3.8, 4) is 0 Å². The van der Waals surface area contributed by atoms with Gasteiger partial charge in [-0.3, -0.25) is 4.90 Å². The Kier molecular flexibility index (Phi) is 1.92. The van der Waals surface area contributed by atoms with Gasteiger partial charge in [0.1, 0.15) is 0 Å². The van der Waals surface area contributed by atoms with Gasteiger partial charge < -0.3 is 5.11 Å². The van der Waals surface area contributed by atoms with Crippen molar-refractivity contribution in [1.29, 1.82) is 0 Å². The Labute approximate surface area is 74.6 Å². The van der Waals surface area contributed by atoms with E-state index in [0.29, 0.717) is 11.5 Å². The van der Waals surface area contributed by atoms with E-state index >= 15 is 0 Å². The highest BCUT2D eigenvalue weighted by Gasteiger charge is 2.49. The fourth-order valence-electron chi connectivity index (χ4n) is 3.08. The first-order chi connectivity index (χ1) is 5.65. The lowest BCUT2D eigenvalue weighted by Crippen LogP contribution is -2.42. The molecule has 2 fully saturated rings. The fourth-order valence-corrected chi connectivity index (χ4v) is 3.08. The Bertz CT molecular complexity index is 181. The zero-order valence-corrected chi connectivity index (χ0v) is 8.08. The Morgan fingerprint density at radius 2 is 2.25 bits per heavy atom. The molecule has 2 saturated heterocycles. The Morgan fingerprint density at radius 3 is 2.83 bits per heavy atom. The summed E-state index contributed by atoms with van der Waals surface area (Å²) in [5, 5.41) is 9.61. The summed E-state index contributed by atoms with van der Waals surface area (Å²) in [4.78, 5) is 2.50. The van der Waals surface area contributed by atoms with Crippen LogP contribution in [0.15, 0.2) is 0 Å². The van der Waals surface area contributed by atoms with E-state index in [1.54, 1.807) is 0 Å². The molecule has 2 nitrogen and oxygen atoms in total. The van der Waals surface area contributed by atoms with Crippen LogP contribution >= 0.6 is 0 Å². The summed E-state index contributed by atoms with van der Waals surface area (Å²) < 4.78 is 0. The summed E-state index contributed by atoms with van der Waals surface area (Å²) in [5.41, 5.74) is 0.361. The largest absolute Gasteiger partial charge is 0.392 e. The summed E-state index contributed by atoms with van der Waals surface area (Å²) in [6, 6.07) is 0. The van der Waals surface area contributed by atoms with Crippen LogP contribution in [0.5, 0.6) is 0 Å². The second-order valence-electron chi connectivity index (χ2n) is 4.67. The molecule has 2 aliphatic rings. The average Bonchev–Trinajstić information content (AvgIpc) is 2.42. The molecule has 0 aromatic heterocycles. The van der Waals surface area contributed by atoms with Crippen LogP contribution in [0.3, 0.4) is 0 Å². The van der Waals surface area contributed by atoms with Crippen molar-refractivity contribution in [2.45, 2.75) is 44.8 Å². The summed E-state index contributed by atoms with van der Waals surface area (Å²) in [7, 11) is 0. The van der Waals surface area contributed by atoms with Crippen LogP contribution in [0, 0.1) is 5.92 Å². The van der Waals surface area contributed by atoms with E-state index in [1.807, 2.05) is 0 Å². The van der Waals surface area contributed by atoms with Gasteiger partial charge in [0.25, 0.3) is 0 Å². The van der Waals surface area contributed by atoms with Crippen LogP contribution in [0.2, 0.25) is 0 Å². The number of rotatable bonds is 1. The number of nitrogens with zero attached hydrogens (tertiary/aromatic N) is 1. The lowest BCUT2D eigenvalue weighted by molar-refractivity contribution is 0.136. The lowest BCUT2D eigenvalue weighted by Gasteiger charge is -2.35. The predicted octanol–water partition coefficient (Wildman–Crippen LogP) is 1.24. The van der Waals surface area contributed by atoms with Crippen molar-refractivity contribution in [2.24, 2.45) is 5.92 Å². The van der Waals surface area contributed by atoms with Crippen LogP contribution in [0.1, 0.15) is 33.1 Å². The normalized spacial score (nSPS) is 42.5. The Balaban J connectivity index is 2.20. The predicted molar refractivity (Wildman–Crippen MR) is 49.0 cm³/mol. The highest BCUT2D eigenvalue weighted by Crippen LogP contribution is 2.43. The number of aliphatic hydroxyl groups excluding tert-OH is 1. The summed E-state index contributed by atoms with van der Waals surface area (Å²) in [6.07, 6.45) is 3.56. The monoisotopic (exact) mass is 169 g/mol. The van der Waals surface area contributed by atoms with Gasteiger partial charge in [0.05, 0.1) is 6.10 Å². The zero-order valence-electron chi connectivity index (χ0n) is 8.08. The minimum absolute atomic E-state index is 0.0623. The third kappa shape index (κ3) is 1.01. The van der Waals surface area contributed by atoms with Crippen molar-refractivity contribution >= 4 is 0 Å². The van der Waals surface area contributed by atoms with E-state index in [4.69, 9.17) is 0 Å². The van der Waals surface area contributed by atoms with E-state index in [-0.39, 0.29) is 6.10 Å². The molecule has 0 spiro atoms. The first-order valence-corrected chi connectivity index (χ1v) is 5.08. The quantitative estimate of drug-likeness (QED) is 0.638. The van der Waals surface area contributed by atoms with Gasteiger partial charge >= 0.3 is 0 Å². The van der Waals surface area contributed by atoms with Crippen molar-refractivity contribution in [3.63, 3.8) is 0 Å². The molecule has 0 bridgehead atoms. The number of β-amino-alcohol motifs (C(OH)–C–C–N with tert-alkyl or cyclic N) is 1. The standard InChI is InChI=1S/C10H19NO/c1-8(2)10-4-3-5-11(10)7-9(12)6-10/h8-9,12H,3-7H2,1-2H3/t9-,10+/m1/s1. The molecule has 0 saturated carbocycles. The van der Waals surface area contributed by atoms with Gasteiger partial charge in [-0.05, 0) is 31.7 Å². The van der Waals surface area contributed by atoms with E-state index < -0.39 is 0 Å². The molecule has 2 heterocycles. The number of fused-ring (bicyclic) bond motifs is 1. The molecule has 2 heteroatoms. The molecule has 0 aromatic carbocycles. The van der Waals surface area contributed by atoms with Gasteiger partial charge in [-0.2, -0.15) is 0 Å². The van der Waals surface area contributed by atoms with Crippen LogP contribution < -0.4 is 0 Å². The lowest BCUT2D eigenvalue weighted by atomic mass is 9.82. The second-order valence-corrected chi connectivity index (χ2v) is 4.67. The maximum atomic E-state index is 9.61. The molecular weight excluding hydrogens is 150 g/mol. The third-order valence-corrected chi connectivity index (χ3v) is 3.76. The third-order valence-electron chi connectivity index (χ3n) is 3.76. The smallest absolute Gasteiger partial charge is 0.0685 e. The van der Waals surface area contributed by atoms with Gasteiger partial charge in [-0.1, -0.05) is 13.8 Å². The van der Waals surface area contributed by atoms with Crippen LogP contribution in [-0.4, -0.2) is 34.7 Å². The molecule has 2 rings (SSSR count). The molecule has 0 amide bonds. The molecule has 1 N–H and O–H groups in total. The maximum Gasteiger partial charge on any atom is 0.0685 e. The second kappa shape index (κ2) is 2.71. The fraction of sp³-hybridized carbons (Fsp3) is 1.00. The van der Waals surface area contributed by atoms with Gasteiger partial charge in [-0.25, -0.2) is 0 Å². The first kappa shape index (κ1) is 8.52. The molecule has 2 atom stereocenters. The van der Waals surface area contributed by atoms with Crippen molar-refractivity contribution in [2.75, 3.05) is 13.1 Å². The first-order valence-electron chi connectivity index (χ1n) is 5.08. The van der Waals surface area contributed by atoms with Crippen LogP contribution in [0.4, 0.5) is 0 Å². The Hall–Kier alpha value is -0.0800. The average molecular weight is 169 g/mol. The Morgan fingerprint density at radius 1 is 1.50 bits per heavy atom. The highest BCUT2D eigenvalue weighted by atomic mass is 16.3.